The van der Waals surface area contributed by atoms with Crippen LogP contribution in [0.4, 0.5) is 0 Å². The molecule has 1 aromatic rings. The van der Waals surface area contributed by atoms with Crippen LogP contribution in [0.2, 0.25) is 0 Å². The van der Waals surface area contributed by atoms with Crippen LogP contribution in [0.3, 0.4) is 0 Å². The van der Waals surface area contributed by atoms with Gasteiger partial charge >= 0.3 is 5.97 Å². The maximum Gasteiger partial charge on any atom is 0.303 e. The highest BCUT2D eigenvalue weighted by molar-refractivity contribution is 8.13. The average molecular weight is 392 g/mol. The van der Waals surface area contributed by atoms with Gasteiger partial charge in [-0.25, -0.2) is 8.42 Å². The molecule has 0 atom stereocenters. The second kappa shape index (κ2) is 9.62. The molecule has 140 valence electrons. The molecule has 1 rings (SSSR count). The van der Waals surface area contributed by atoms with Gasteiger partial charge in [0.25, 0.3) is 15.0 Å². The van der Waals surface area contributed by atoms with Gasteiger partial charge in [-0.2, -0.15) is 0 Å². The van der Waals surface area contributed by atoms with E-state index in [0.29, 0.717) is 36.3 Å². The second-order valence-electron chi connectivity index (χ2n) is 5.67. The lowest BCUT2D eigenvalue weighted by molar-refractivity contribution is -0.137. The molecule has 9 heteroatoms. The van der Waals surface area contributed by atoms with Crippen molar-refractivity contribution in [2.24, 2.45) is 0 Å². The fourth-order valence-corrected chi connectivity index (χ4v) is 4.00. The van der Waals surface area contributed by atoms with Crippen LogP contribution in [-0.4, -0.2) is 38.6 Å². The third-order valence-corrected chi connectivity index (χ3v) is 5.03. The number of nitrogens with one attached hydrogen (secondary N) is 1. The van der Waals surface area contributed by atoms with E-state index in [2.05, 4.69) is 5.32 Å². The molecule has 0 radical (unpaired) electrons. The Morgan fingerprint density at radius 3 is 2.28 bits per heavy atom. The molecule has 0 aliphatic rings. The van der Waals surface area contributed by atoms with E-state index in [4.69, 9.17) is 20.5 Å². The minimum Gasteiger partial charge on any atom is -0.484 e. The molecule has 25 heavy (non-hydrogen) atoms. The first-order valence-electron chi connectivity index (χ1n) is 7.78. The quantitative estimate of drug-likeness (QED) is 0.468. The number of benzene rings is 1. The van der Waals surface area contributed by atoms with Gasteiger partial charge in [-0.1, -0.05) is 6.42 Å². The topological polar surface area (TPSA) is 110 Å². The Bertz CT molecular complexity index is 709. The number of carbonyl (C=O) groups is 2. The maximum atomic E-state index is 11.7. The van der Waals surface area contributed by atoms with Crippen molar-refractivity contribution < 1.29 is 27.9 Å². The van der Waals surface area contributed by atoms with Crippen LogP contribution >= 0.6 is 10.7 Å². The van der Waals surface area contributed by atoms with Crippen molar-refractivity contribution in [1.82, 2.24) is 5.32 Å². The zero-order chi connectivity index (χ0) is 19.0. The predicted molar refractivity (Wildman–Crippen MR) is 93.6 cm³/mol. The van der Waals surface area contributed by atoms with E-state index in [1.54, 1.807) is 13.8 Å². The van der Waals surface area contributed by atoms with Gasteiger partial charge in [0.15, 0.2) is 6.61 Å². The lowest BCUT2D eigenvalue weighted by Gasteiger charge is -2.11. The van der Waals surface area contributed by atoms with Crippen LogP contribution in [0.15, 0.2) is 17.0 Å². The van der Waals surface area contributed by atoms with Gasteiger partial charge < -0.3 is 15.2 Å². The number of hydrogen-bond donors (Lipinski definition) is 2. The first-order valence-corrected chi connectivity index (χ1v) is 10.1. The normalized spacial score (nSPS) is 11.2. The van der Waals surface area contributed by atoms with E-state index in [9.17, 15) is 18.0 Å². The third-order valence-electron chi connectivity index (χ3n) is 3.44. The van der Waals surface area contributed by atoms with Crippen molar-refractivity contribution in [3.63, 3.8) is 0 Å². The molecule has 0 fully saturated rings. The number of carbonyl (C=O) groups excluding carboxylic acids is 1. The van der Waals surface area contributed by atoms with E-state index in [1.165, 1.54) is 12.1 Å². The molecule has 0 saturated heterocycles. The zero-order valence-corrected chi connectivity index (χ0v) is 15.7. The molecule has 0 spiro atoms. The average Bonchev–Trinajstić information content (AvgIpc) is 2.46. The molecule has 0 aromatic heterocycles. The van der Waals surface area contributed by atoms with Gasteiger partial charge in [-0.05, 0) is 49.9 Å². The van der Waals surface area contributed by atoms with Crippen LogP contribution in [-0.2, 0) is 18.6 Å². The smallest absolute Gasteiger partial charge is 0.303 e. The number of amides is 1. The number of aryl methyl sites for hydroxylation is 2. The van der Waals surface area contributed by atoms with Crippen LogP contribution in [0, 0.1) is 13.8 Å². The van der Waals surface area contributed by atoms with Crippen LogP contribution < -0.4 is 10.1 Å². The molecule has 7 nitrogen and oxygen atoms in total. The Morgan fingerprint density at radius 2 is 1.76 bits per heavy atom. The summed E-state index contributed by atoms with van der Waals surface area (Å²) in [6.07, 6.45) is 2.12. The predicted octanol–water partition coefficient (Wildman–Crippen LogP) is 2.37. The minimum atomic E-state index is -3.84. The van der Waals surface area contributed by atoms with Crippen molar-refractivity contribution >= 4 is 31.6 Å². The van der Waals surface area contributed by atoms with Gasteiger partial charge in [0.2, 0.25) is 0 Å². The molecule has 0 aliphatic heterocycles. The summed E-state index contributed by atoms with van der Waals surface area (Å²) in [7, 11) is 1.56. The molecule has 0 aliphatic carbocycles. The molecule has 0 saturated carbocycles. The van der Waals surface area contributed by atoms with Gasteiger partial charge in [-0.3, -0.25) is 9.59 Å². The van der Waals surface area contributed by atoms with Crippen molar-refractivity contribution in [3.05, 3.63) is 23.3 Å². The van der Waals surface area contributed by atoms with Crippen molar-refractivity contribution in [1.29, 1.82) is 0 Å². The highest BCUT2D eigenvalue weighted by Gasteiger charge is 2.18. The number of ether oxygens (including phenoxy) is 1. The van der Waals surface area contributed by atoms with E-state index >= 15 is 0 Å². The molecule has 2 N–H and O–H groups in total. The lowest BCUT2D eigenvalue weighted by atomic mass is 10.1. The van der Waals surface area contributed by atoms with Crippen LogP contribution in [0.1, 0.15) is 36.8 Å². The molecule has 1 amide bonds. The summed E-state index contributed by atoms with van der Waals surface area (Å²) in [4.78, 5) is 22.1. The number of aliphatic carboxylic acids is 1. The zero-order valence-electron chi connectivity index (χ0n) is 14.2. The Hall–Kier alpha value is -1.80. The van der Waals surface area contributed by atoms with Crippen LogP contribution in [0.5, 0.6) is 5.75 Å². The Balaban J connectivity index is 2.43. The minimum absolute atomic E-state index is 0.0485. The summed E-state index contributed by atoms with van der Waals surface area (Å²) in [6.45, 7) is 3.46. The summed E-state index contributed by atoms with van der Waals surface area (Å²) >= 11 is 0. The molecule has 0 unspecified atom stereocenters. The fourth-order valence-electron chi connectivity index (χ4n) is 2.38. The Labute approximate surface area is 151 Å². The van der Waals surface area contributed by atoms with Crippen molar-refractivity contribution in [2.45, 2.75) is 44.4 Å². The second-order valence-corrected chi connectivity index (χ2v) is 8.17. The Morgan fingerprint density at radius 1 is 1.16 bits per heavy atom. The van der Waals surface area contributed by atoms with Gasteiger partial charge in [0, 0.05) is 23.6 Å². The number of rotatable bonds is 10. The number of carboxylic acid groups (broad SMARTS) is 1. The SMILES string of the molecule is Cc1cc(OCC(=O)NCCCCCC(=O)O)cc(C)c1S(=O)(=O)Cl. The first kappa shape index (κ1) is 21.2. The van der Waals surface area contributed by atoms with E-state index in [-0.39, 0.29) is 23.8 Å². The summed E-state index contributed by atoms with van der Waals surface area (Å²) in [5, 5.41) is 11.2. The standard InChI is InChI=1S/C16H22ClNO6S/c1-11-8-13(9-12(2)16(11)25(17,22)23)24-10-14(19)18-7-5-3-4-6-15(20)21/h8-9H,3-7,10H2,1-2H3,(H,18,19)(H,20,21). The first-order chi connectivity index (χ1) is 11.6. The van der Waals surface area contributed by atoms with Crippen molar-refractivity contribution in [2.75, 3.05) is 13.2 Å². The number of carboxylic acids is 1. The Kier molecular flexibility index (Phi) is 8.18. The summed E-state index contributed by atoms with van der Waals surface area (Å²) in [6, 6.07) is 3.03. The highest BCUT2D eigenvalue weighted by atomic mass is 35.7. The summed E-state index contributed by atoms with van der Waals surface area (Å²) in [5.41, 5.74) is 0.896. The molecular formula is C16H22ClNO6S. The monoisotopic (exact) mass is 391 g/mol. The third kappa shape index (κ3) is 7.74. The molecule has 1 aromatic carbocycles. The lowest BCUT2D eigenvalue weighted by Crippen LogP contribution is -2.29. The fraction of sp³-hybridized carbons (Fsp3) is 0.500. The summed E-state index contributed by atoms with van der Waals surface area (Å²) in [5.74, 6) is -0.741. The van der Waals surface area contributed by atoms with E-state index < -0.39 is 15.0 Å². The van der Waals surface area contributed by atoms with E-state index in [0.717, 1.165) is 6.42 Å². The highest BCUT2D eigenvalue weighted by Crippen LogP contribution is 2.28. The summed E-state index contributed by atoms with van der Waals surface area (Å²) < 4.78 is 28.4. The van der Waals surface area contributed by atoms with Crippen LogP contribution in [0.25, 0.3) is 0 Å². The molecular weight excluding hydrogens is 370 g/mol. The van der Waals surface area contributed by atoms with E-state index in [1.807, 2.05) is 0 Å². The molecule has 0 bridgehead atoms. The van der Waals surface area contributed by atoms with Gasteiger partial charge in [-0.15, -0.1) is 0 Å². The van der Waals surface area contributed by atoms with Crippen molar-refractivity contribution in [3.8, 4) is 5.75 Å². The largest absolute Gasteiger partial charge is 0.484 e. The molecule has 0 heterocycles. The number of hydrogen-bond acceptors (Lipinski definition) is 5. The number of unbranched alkanes of at least 4 members (excludes halogenated alkanes) is 2. The number of halogens is 1. The maximum absolute atomic E-state index is 11.7. The van der Waals surface area contributed by atoms with Gasteiger partial charge in [0.05, 0.1) is 4.90 Å². The van der Waals surface area contributed by atoms with Gasteiger partial charge in [0.1, 0.15) is 5.75 Å².